The molecular formula is C22H22N2O3S. The van der Waals surface area contributed by atoms with Crippen molar-refractivity contribution in [2.24, 2.45) is 0 Å². The van der Waals surface area contributed by atoms with Crippen LogP contribution in [0, 0.1) is 0 Å². The molecule has 1 saturated heterocycles. The summed E-state index contributed by atoms with van der Waals surface area (Å²) in [5.74, 6) is 0.766. The van der Waals surface area contributed by atoms with Crippen molar-refractivity contribution in [2.75, 3.05) is 19.7 Å². The molecule has 5 nitrogen and oxygen atoms in total. The predicted octanol–water partition coefficient (Wildman–Crippen LogP) is 4.28. The zero-order valence-corrected chi connectivity index (χ0v) is 16.6. The number of thiazole rings is 1. The van der Waals surface area contributed by atoms with E-state index in [2.05, 4.69) is 6.07 Å². The first-order valence-corrected chi connectivity index (χ1v) is 10.3. The number of piperidine rings is 1. The van der Waals surface area contributed by atoms with Crippen molar-refractivity contribution < 1.29 is 14.3 Å². The maximum atomic E-state index is 12.7. The number of Topliss-reactive ketones (excluding diaryl/α,β-unsaturated/α-hetero) is 1. The van der Waals surface area contributed by atoms with Crippen LogP contribution in [0.15, 0.2) is 48.5 Å². The van der Waals surface area contributed by atoms with E-state index in [0.29, 0.717) is 17.9 Å². The maximum Gasteiger partial charge on any atom is 0.260 e. The van der Waals surface area contributed by atoms with Crippen molar-refractivity contribution in [3.05, 3.63) is 59.1 Å². The Kier molecular flexibility index (Phi) is 5.39. The van der Waals surface area contributed by atoms with Crippen molar-refractivity contribution in [1.82, 2.24) is 9.88 Å². The highest BCUT2D eigenvalue weighted by Gasteiger charge is 2.27. The number of ether oxygens (including phenoxy) is 1. The SMILES string of the molecule is CC(=O)c1cccc(OCC(=O)N2CCC[C@@H](c3nc4ccccc4s3)C2)c1. The maximum absolute atomic E-state index is 12.7. The highest BCUT2D eigenvalue weighted by atomic mass is 32.1. The van der Waals surface area contributed by atoms with E-state index >= 15 is 0 Å². The first-order valence-electron chi connectivity index (χ1n) is 9.47. The number of hydrogen-bond donors (Lipinski definition) is 0. The quantitative estimate of drug-likeness (QED) is 0.606. The van der Waals surface area contributed by atoms with E-state index in [1.807, 2.05) is 23.1 Å². The van der Waals surface area contributed by atoms with Crippen LogP contribution in [-0.4, -0.2) is 41.3 Å². The number of carbonyl (C=O) groups is 2. The third-order valence-electron chi connectivity index (χ3n) is 5.04. The summed E-state index contributed by atoms with van der Waals surface area (Å²) < 4.78 is 6.83. The average molecular weight is 394 g/mol. The molecule has 1 atom stereocenters. The van der Waals surface area contributed by atoms with Crippen molar-refractivity contribution >= 4 is 33.2 Å². The first kappa shape index (κ1) is 18.6. The minimum atomic E-state index is -0.0287. The monoisotopic (exact) mass is 394 g/mol. The number of nitrogens with zero attached hydrogens (tertiary/aromatic N) is 2. The molecule has 0 unspecified atom stereocenters. The molecule has 0 saturated carbocycles. The van der Waals surface area contributed by atoms with Crippen LogP contribution in [0.25, 0.3) is 10.2 Å². The van der Waals surface area contributed by atoms with Crippen molar-refractivity contribution in [1.29, 1.82) is 0 Å². The largest absolute Gasteiger partial charge is 0.484 e. The molecule has 1 fully saturated rings. The minimum absolute atomic E-state index is 0.0199. The van der Waals surface area contributed by atoms with Gasteiger partial charge in [-0.1, -0.05) is 24.3 Å². The van der Waals surface area contributed by atoms with Gasteiger partial charge in [-0.25, -0.2) is 4.98 Å². The second-order valence-corrected chi connectivity index (χ2v) is 8.13. The number of para-hydroxylation sites is 1. The lowest BCUT2D eigenvalue weighted by Gasteiger charge is -2.31. The summed E-state index contributed by atoms with van der Waals surface area (Å²) in [6, 6.07) is 15.1. The summed E-state index contributed by atoms with van der Waals surface area (Å²) in [5.41, 5.74) is 1.61. The van der Waals surface area contributed by atoms with Gasteiger partial charge in [0, 0.05) is 24.6 Å². The number of amides is 1. The summed E-state index contributed by atoms with van der Waals surface area (Å²) in [6.45, 7) is 2.92. The molecule has 3 aromatic rings. The lowest BCUT2D eigenvalue weighted by molar-refractivity contribution is -0.134. The lowest BCUT2D eigenvalue weighted by Crippen LogP contribution is -2.41. The number of benzene rings is 2. The van der Waals surface area contributed by atoms with Crippen LogP contribution >= 0.6 is 11.3 Å². The number of ketones is 1. The Morgan fingerprint density at radius 2 is 2.07 bits per heavy atom. The zero-order chi connectivity index (χ0) is 19.5. The van der Waals surface area contributed by atoms with E-state index in [-0.39, 0.29) is 24.2 Å². The highest BCUT2D eigenvalue weighted by molar-refractivity contribution is 7.18. The fourth-order valence-electron chi connectivity index (χ4n) is 3.51. The van der Waals surface area contributed by atoms with Gasteiger partial charge in [0.2, 0.25) is 0 Å². The lowest BCUT2D eigenvalue weighted by atomic mass is 9.99. The number of rotatable bonds is 5. The first-order chi connectivity index (χ1) is 13.6. The van der Waals surface area contributed by atoms with Gasteiger partial charge in [0.1, 0.15) is 5.75 Å². The van der Waals surface area contributed by atoms with Crippen LogP contribution in [-0.2, 0) is 4.79 Å². The Morgan fingerprint density at radius 3 is 2.89 bits per heavy atom. The number of hydrogen-bond acceptors (Lipinski definition) is 5. The number of fused-ring (bicyclic) bond motifs is 1. The summed E-state index contributed by atoms with van der Waals surface area (Å²) >= 11 is 1.72. The molecule has 0 spiro atoms. The molecule has 1 aliphatic heterocycles. The molecule has 2 heterocycles. The second kappa shape index (κ2) is 8.10. The van der Waals surface area contributed by atoms with Crippen molar-refractivity contribution in [3.63, 3.8) is 0 Å². The number of carbonyl (C=O) groups excluding carboxylic acids is 2. The van der Waals surface area contributed by atoms with Crippen LogP contribution < -0.4 is 4.74 Å². The van der Waals surface area contributed by atoms with Gasteiger partial charge in [-0.05, 0) is 44.0 Å². The minimum Gasteiger partial charge on any atom is -0.484 e. The van der Waals surface area contributed by atoms with E-state index < -0.39 is 0 Å². The number of likely N-dealkylation sites (tertiary alicyclic amines) is 1. The molecule has 0 N–H and O–H groups in total. The Labute approximate surface area is 168 Å². The van der Waals surface area contributed by atoms with Gasteiger partial charge >= 0.3 is 0 Å². The zero-order valence-electron chi connectivity index (χ0n) is 15.8. The van der Waals surface area contributed by atoms with E-state index in [0.717, 1.165) is 29.9 Å². The number of aromatic nitrogens is 1. The fourth-order valence-corrected chi connectivity index (χ4v) is 4.60. The van der Waals surface area contributed by atoms with Gasteiger partial charge < -0.3 is 9.64 Å². The third kappa shape index (κ3) is 4.07. The van der Waals surface area contributed by atoms with Crippen molar-refractivity contribution in [3.8, 4) is 5.75 Å². The normalized spacial score (nSPS) is 16.9. The van der Waals surface area contributed by atoms with Crippen LogP contribution in [0.1, 0.15) is 41.0 Å². The molecule has 0 aliphatic carbocycles. The molecule has 1 amide bonds. The molecule has 2 aromatic carbocycles. The average Bonchev–Trinajstić information content (AvgIpc) is 3.16. The van der Waals surface area contributed by atoms with Gasteiger partial charge in [-0.3, -0.25) is 9.59 Å². The molecule has 0 bridgehead atoms. The Balaban J connectivity index is 1.39. The Bertz CT molecular complexity index is 981. The smallest absolute Gasteiger partial charge is 0.260 e. The van der Waals surface area contributed by atoms with Gasteiger partial charge in [-0.15, -0.1) is 11.3 Å². The predicted molar refractivity (Wildman–Crippen MR) is 110 cm³/mol. The van der Waals surface area contributed by atoms with E-state index in [1.54, 1.807) is 35.6 Å². The molecule has 1 aromatic heterocycles. The Hall–Kier alpha value is -2.73. The van der Waals surface area contributed by atoms with Crippen LogP contribution in [0.3, 0.4) is 0 Å². The summed E-state index contributed by atoms with van der Waals surface area (Å²) in [6.07, 6.45) is 2.01. The van der Waals surface area contributed by atoms with Gasteiger partial charge in [0.05, 0.1) is 15.2 Å². The van der Waals surface area contributed by atoms with E-state index in [9.17, 15) is 9.59 Å². The molecule has 6 heteroatoms. The molecular weight excluding hydrogens is 372 g/mol. The Morgan fingerprint density at radius 1 is 1.21 bits per heavy atom. The molecule has 4 rings (SSSR count). The molecule has 0 radical (unpaired) electrons. The summed E-state index contributed by atoms with van der Waals surface area (Å²) in [4.78, 5) is 30.8. The standard InChI is InChI=1S/C22H22N2O3S/c1-15(25)16-6-4-8-18(12-16)27-14-21(26)24-11-5-7-17(13-24)22-23-19-9-2-3-10-20(19)28-22/h2-4,6,8-10,12,17H,5,7,11,13-14H2,1H3/t17-/m1/s1. The molecule has 144 valence electrons. The van der Waals surface area contributed by atoms with Crippen LogP contribution in [0.2, 0.25) is 0 Å². The van der Waals surface area contributed by atoms with Gasteiger partial charge in [-0.2, -0.15) is 0 Å². The molecule has 1 aliphatic rings. The van der Waals surface area contributed by atoms with Crippen LogP contribution in [0.4, 0.5) is 0 Å². The van der Waals surface area contributed by atoms with Gasteiger partial charge in [0.25, 0.3) is 5.91 Å². The summed E-state index contributed by atoms with van der Waals surface area (Å²) in [5, 5.41) is 1.11. The van der Waals surface area contributed by atoms with Crippen molar-refractivity contribution in [2.45, 2.75) is 25.7 Å². The molecule has 28 heavy (non-hydrogen) atoms. The van der Waals surface area contributed by atoms with E-state index in [1.165, 1.54) is 11.6 Å². The third-order valence-corrected chi connectivity index (χ3v) is 6.24. The topological polar surface area (TPSA) is 59.5 Å². The summed E-state index contributed by atoms with van der Waals surface area (Å²) in [7, 11) is 0. The highest BCUT2D eigenvalue weighted by Crippen LogP contribution is 2.33. The fraction of sp³-hybridized carbons (Fsp3) is 0.318. The van der Waals surface area contributed by atoms with E-state index in [4.69, 9.17) is 9.72 Å². The van der Waals surface area contributed by atoms with Gasteiger partial charge in [0.15, 0.2) is 12.4 Å². The second-order valence-electron chi connectivity index (χ2n) is 7.07. The van der Waals surface area contributed by atoms with Crippen LogP contribution in [0.5, 0.6) is 5.75 Å².